The summed E-state index contributed by atoms with van der Waals surface area (Å²) in [6, 6.07) is 12.2. The van der Waals surface area contributed by atoms with Crippen LogP contribution in [0.15, 0.2) is 48.5 Å². The maximum absolute atomic E-state index is 11.8. The van der Waals surface area contributed by atoms with E-state index in [1.165, 1.54) is 13.2 Å². The minimum Gasteiger partial charge on any atom is -0.496 e. The summed E-state index contributed by atoms with van der Waals surface area (Å²) >= 11 is 0. The van der Waals surface area contributed by atoms with Gasteiger partial charge in [0, 0.05) is 17.2 Å². The highest BCUT2D eigenvalue weighted by Gasteiger charge is 2.06. The second kappa shape index (κ2) is 9.88. The second-order valence-corrected chi connectivity index (χ2v) is 5.12. The summed E-state index contributed by atoms with van der Waals surface area (Å²) in [5.74, 6) is 1.10. The van der Waals surface area contributed by atoms with Crippen LogP contribution in [0, 0.1) is 0 Å². The molecule has 0 fully saturated rings. The van der Waals surface area contributed by atoms with E-state index in [0.29, 0.717) is 22.8 Å². The summed E-state index contributed by atoms with van der Waals surface area (Å²) in [6.45, 7) is 0.235. The van der Waals surface area contributed by atoms with Crippen LogP contribution in [0.5, 0.6) is 17.2 Å². The van der Waals surface area contributed by atoms with Gasteiger partial charge >= 0.3 is 5.97 Å². The first-order chi connectivity index (χ1) is 12.7. The number of benzene rings is 2. The molecule has 2 aromatic rings. The van der Waals surface area contributed by atoms with Gasteiger partial charge in [-0.3, -0.25) is 4.79 Å². The molecule has 0 radical (unpaired) electrons. The molecule has 0 aliphatic carbocycles. The van der Waals surface area contributed by atoms with Gasteiger partial charge < -0.3 is 18.9 Å². The van der Waals surface area contributed by atoms with Crippen LogP contribution >= 0.6 is 0 Å². The fraction of sp³-hybridized carbons (Fsp3) is 0.200. The highest BCUT2D eigenvalue weighted by Crippen LogP contribution is 2.27. The number of aldehydes is 1. The molecule has 0 bridgehead atoms. The van der Waals surface area contributed by atoms with Gasteiger partial charge in [-0.2, -0.15) is 0 Å². The molecular weight excluding hydrogens is 336 g/mol. The van der Waals surface area contributed by atoms with Gasteiger partial charge in [0.2, 0.25) is 0 Å². The average Bonchev–Trinajstić information content (AvgIpc) is 2.69. The van der Waals surface area contributed by atoms with E-state index in [1.54, 1.807) is 31.4 Å². The van der Waals surface area contributed by atoms with Crippen molar-refractivity contribution >= 4 is 18.3 Å². The smallest absolute Gasteiger partial charge is 0.330 e. The Bertz CT molecular complexity index is 782. The molecule has 2 aromatic carbocycles. The zero-order valence-electron chi connectivity index (χ0n) is 14.6. The Morgan fingerprint density at radius 3 is 2.46 bits per heavy atom. The lowest BCUT2D eigenvalue weighted by Gasteiger charge is -2.10. The summed E-state index contributed by atoms with van der Waals surface area (Å²) in [4.78, 5) is 22.5. The molecule has 0 heterocycles. The molecule has 0 amide bonds. The minimum absolute atomic E-state index is 0.0771. The van der Waals surface area contributed by atoms with Crippen molar-refractivity contribution in [3.8, 4) is 17.2 Å². The lowest BCUT2D eigenvalue weighted by atomic mass is 10.2. The number of carbonyl (C=O) groups is 2. The van der Waals surface area contributed by atoms with Crippen LogP contribution in [-0.4, -0.2) is 39.7 Å². The molecule has 0 saturated heterocycles. The Morgan fingerprint density at radius 2 is 1.73 bits per heavy atom. The van der Waals surface area contributed by atoms with Gasteiger partial charge in [-0.05, 0) is 30.3 Å². The number of carbonyl (C=O) groups excluding carboxylic acids is 2. The number of ether oxygens (including phenoxy) is 4. The molecule has 0 aliphatic heterocycles. The Morgan fingerprint density at radius 1 is 0.962 bits per heavy atom. The normalized spacial score (nSPS) is 10.4. The highest BCUT2D eigenvalue weighted by molar-refractivity contribution is 5.87. The fourth-order valence-corrected chi connectivity index (χ4v) is 2.18. The third kappa shape index (κ3) is 5.37. The maximum Gasteiger partial charge on any atom is 0.330 e. The molecule has 136 valence electrons. The highest BCUT2D eigenvalue weighted by atomic mass is 16.6. The van der Waals surface area contributed by atoms with E-state index in [0.717, 1.165) is 11.8 Å². The van der Waals surface area contributed by atoms with E-state index < -0.39 is 5.97 Å². The zero-order chi connectivity index (χ0) is 18.8. The minimum atomic E-state index is -0.484. The van der Waals surface area contributed by atoms with Gasteiger partial charge in [0.05, 0.1) is 14.2 Å². The van der Waals surface area contributed by atoms with Crippen molar-refractivity contribution in [3.63, 3.8) is 0 Å². The molecular formula is C20H20O6. The van der Waals surface area contributed by atoms with Crippen LogP contribution in [0.25, 0.3) is 6.08 Å². The summed E-state index contributed by atoms with van der Waals surface area (Å²) in [6.07, 6.45) is 3.68. The van der Waals surface area contributed by atoms with Crippen molar-refractivity contribution in [1.82, 2.24) is 0 Å². The standard InChI is InChI=1S/C20H20O6/c1-23-17-6-4-3-5-16(17)8-10-20(22)26-12-11-25-18-9-7-15(14-21)13-19(18)24-2/h3-10,13-14H,11-12H2,1-2H3/b10-8+. The predicted octanol–water partition coefficient (Wildman–Crippen LogP) is 3.15. The summed E-state index contributed by atoms with van der Waals surface area (Å²) in [5.41, 5.74) is 1.27. The quantitative estimate of drug-likeness (QED) is 0.297. The summed E-state index contributed by atoms with van der Waals surface area (Å²) in [7, 11) is 3.05. The van der Waals surface area contributed by atoms with Crippen molar-refractivity contribution in [2.75, 3.05) is 27.4 Å². The molecule has 0 atom stereocenters. The molecule has 6 nitrogen and oxygen atoms in total. The van der Waals surface area contributed by atoms with E-state index >= 15 is 0 Å². The Balaban J connectivity index is 1.82. The lowest BCUT2D eigenvalue weighted by Crippen LogP contribution is -2.10. The average molecular weight is 356 g/mol. The molecule has 0 aliphatic rings. The van der Waals surface area contributed by atoms with Crippen molar-refractivity contribution in [2.24, 2.45) is 0 Å². The Labute approximate surface area is 151 Å². The van der Waals surface area contributed by atoms with E-state index in [1.807, 2.05) is 24.3 Å². The van der Waals surface area contributed by atoms with Crippen molar-refractivity contribution in [3.05, 3.63) is 59.7 Å². The topological polar surface area (TPSA) is 71.1 Å². The lowest BCUT2D eigenvalue weighted by molar-refractivity contribution is -0.138. The first-order valence-electron chi connectivity index (χ1n) is 7.91. The van der Waals surface area contributed by atoms with Crippen LogP contribution in [0.3, 0.4) is 0 Å². The van der Waals surface area contributed by atoms with Crippen LogP contribution in [0.1, 0.15) is 15.9 Å². The maximum atomic E-state index is 11.8. The summed E-state index contributed by atoms with van der Waals surface area (Å²) < 4.78 is 21.0. The number of hydrogen-bond acceptors (Lipinski definition) is 6. The van der Waals surface area contributed by atoms with Gasteiger partial charge in [0.15, 0.2) is 11.5 Å². The molecule has 2 rings (SSSR count). The first-order valence-corrected chi connectivity index (χ1v) is 7.91. The van der Waals surface area contributed by atoms with E-state index in [2.05, 4.69) is 0 Å². The Hall–Kier alpha value is -3.28. The molecule has 0 spiro atoms. The van der Waals surface area contributed by atoms with E-state index in [4.69, 9.17) is 18.9 Å². The van der Waals surface area contributed by atoms with Crippen LogP contribution in [0.4, 0.5) is 0 Å². The van der Waals surface area contributed by atoms with Crippen molar-refractivity contribution in [2.45, 2.75) is 0 Å². The van der Waals surface area contributed by atoms with Gasteiger partial charge in [0.25, 0.3) is 0 Å². The molecule has 0 unspecified atom stereocenters. The monoisotopic (exact) mass is 356 g/mol. The SMILES string of the molecule is COc1ccccc1/C=C/C(=O)OCCOc1ccc(C=O)cc1OC. The molecule has 6 heteroatoms. The first kappa shape index (κ1) is 19.1. The zero-order valence-corrected chi connectivity index (χ0v) is 14.6. The number of para-hydroxylation sites is 1. The van der Waals surface area contributed by atoms with Gasteiger partial charge in [0.1, 0.15) is 25.2 Å². The van der Waals surface area contributed by atoms with Crippen LogP contribution in [0.2, 0.25) is 0 Å². The van der Waals surface area contributed by atoms with Gasteiger partial charge in [-0.15, -0.1) is 0 Å². The molecule has 0 saturated carbocycles. The van der Waals surface area contributed by atoms with Crippen molar-refractivity contribution < 1.29 is 28.5 Å². The summed E-state index contributed by atoms with van der Waals surface area (Å²) in [5, 5.41) is 0. The number of methoxy groups -OCH3 is 2. The third-order valence-electron chi connectivity index (χ3n) is 3.45. The van der Waals surface area contributed by atoms with E-state index in [9.17, 15) is 9.59 Å². The van der Waals surface area contributed by atoms with Gasteiger partial charge in [-0.1, -0.05) is 18.2 Å². The van der Waals surface area contributed by atoms with Crippen molar-refractivity contribution in [1.29, 1.82) is 0 Å². The molecule has 0 aromatic heterocycles. The van der Waals surface area contributed by atoms with E-state index in [-0.39, 0.29) is 13.2 Å². The third-order valence-corrected chi connectivity index (χ3v) is 3.45. The number of hydrogen-bond donors (Lipinski definition) is 0. The predicted molar refractivity (Wildman–Crippen MR) is 96.9 cm³/mol. The van der Waals surface area contributed by atoms with Gasteiger partial charge in [-0.25, -0.2) is 4.79 Å². The molecule has 26 heavy (non-hydrogen) atoms. The number of rotatable bonds is 9. The molecule has 0 N–H and O–H groups in total. The Kier molecular flexibility index (Phi) is 7.24. The number of esters is 1. The largest absolute Gasteiger partial charge is 0.496 e. The second-order valence-electron chi connectivity index (χ2n) is 5.12. The van der Waals surface area contributed by atoms with Crippen LogP contribution in [-0.2, 0) is 9.53 Å². The fourth-order valence-electron chi connectivity index (χ4n) is 2.18. The van der Waals surface area contributed by atoms with Crippen LogP contribution < -0.4 is 14.2 Å².